The molecule has 0 aliphatic carbocycles. The summed E-state index contributed by atoms with van der Waals surface area (Å²) in [6.07, 6.45) is 0.389. The highest BCUT2D eigenvalue weighted by Crippen LogP contribution is 2.18. The number of nitrogens with zero attached hydrogens (tertiary/aromatic N) is 1. The fourth-order valence-corrected chi connectivity index (χ4v) is 1.29. The summed E-state index contributed by atoms with van der Waals surface area (Å²) in [6, 6.07) is 8.99. The molecule has 92 valence electrons. The lowest BCUT2D eigenvalue weighted by atomic mass is 9.90. The smallest absolute Gasteiger partial charge is 0.337 e. The maximum absolute atomic E-state index is 11.2. The number of carbonyl (C=O) groups is 1. The molecule has 0 N–H and O–H groups in total. The minimum atomic E-state index is -0.362. The summed E-state index contributed by atoms with van der Waals surface area (Å²) < 4.78 is 4.61. The molecule has 0 spiro atoms. The molecule has 0 unspecified atom stereocenters. The zero-order valence-electron chi connectivity index (χ0n) is 10.8. The van der Waals surface area contributed by atoms with Gasteiger partial charge in [-0.3, -0.25) is 0 Å². The predicted octanol–water partition coefficient (Wildman–Crippen LogP) is 2.76. The molecule has 0 aliphatic rings. The van der Waals surface area contributed by atoms with Crippen LogP contribution in [-0.2, 0) is 4.74 Å². The van der Waals surface area contributed by atoms with E-state index in [2.05, 4.69) is 22.6 Å². The lowest BCUT2D eigenvalue weighted by Gasteiger charge is -2.11. The highest BCUT2D eigenvalue weighted by Gasteiger charge is 2.13. The summed E-state index contributed by atoms with van der Waals surface area (Å²) in [5, 5.41) is 8.65. The zero-order chi connectivity index (χ0) is 13.6. The molecule has 0 heterocycles. The van der Waals surface area contributed by atoms with E-state index < -0.39 is 0 Å². The summed E-state index contributed by atoms with van der Waals surface area (Å²) >= 11 is 0. The van der Waals surface area contributed by atoms with Crippen LogP contribution in [0.4, 0.5) is 0 Å². The van der Waals surface area contributed by atoms with Gasteiger partial charge in [0.15, 0.2) is 0 Å². The van der Waals surface area contributed by atoms with Crippen molar-refractivity contribution >= 4 is 5.97 Å². The first-order valence-corrected chi connectivity index (χ1v) is 5.57. The third-order valence-electron chi connectivity index (χ3n) is 2.37. The minimum absolute atomic E-state index is 0.324. The Morgan fingerprint density at radius 1 is 1.33 bits per heavy atom. The van der Waals surface area contributed by atoms with Crippen LogP contribution in [-0.4, -0.2) is 13.1 Å². The van der Waals surface area contributed by atoms with Crippen molar-refractivity contribution in [2.24, 2.45) is 5.41 Å². The summed E-state index contributed by atoms with van der Waals surface area (Å²) in [7, 11) is 1.35. The van der Waals surface area contributed by atoms with Crippen molar-refractivity contribution in [1.82, 2.24) is 0 Å². The fraction of sp³-hybridized carbons (Fsp3) is 0.333. The molecule has 0 saturated carbocycles. The Labute approximate surface area is 107 Å². The Morgan fingerprint density at radius 3 is 2.44 bits per heavy atom. The predicted molar refractivity (Wildman–Crippen MR) is 68.7 cm³/mol. The average molecular weight is 241 g/mol. The van der Waals surface area contributed by atoms with Crippen LogP contribution in [0.15, 0.2) is 24.3 Å². The van der Waals surface area contributed by atoms with Gasteiger partial charge in [-0.05, 0) is 38.1 Å². The van der Waals surface area contributed by atoms with Crippen LogP contribution >= 0.6 is 0 Å². The van der Waals surface area contributed by atoms with E-state index in [1.54, 1.807) is 24.3 Å². The lowest BCUT2D eigenvalue weighted by molar-refractivity contribution is 0.0600. The van der Waals surface area contributed by atoms with Gasteiger partial charge < -0.3 is 4.74 Å². The third kappa shape index (κ3) is 3.96. The van der Waals surface area contributed by atoms with Crippen molar-refractivity contribution in [3.8, 4) is 17.9 Å². The van der Waals surface area contributed by atoms with E-state index in [1.165, 1.54) is 7.11 Å². The Bertz CT molecular complexity index is 524. The molecule has 1 aromatic rings. The van der Waals surface area contributed by atoms with Gasteiger partial charge in [0, 0.05) is 11.0 Å². The second-order valence-corrected chi connectivity index (χ2v) is 4.54. The second-order valence-electron chi connectivity index (χ2n) is 4.54. The molecule has 0 saturated heterocycles. The average Bonchev–Trinajstić information content (AvgIpc) is 2.36. The zero-order valence-corrected chi connectivity index (χ0v) is 10.8. The molecule has 0 bridgehead atoms. The first kappa shape index (κ1) is 13.8. The van der Waals surface area contributed by atoms with E-state index in [1.807, 2.05) is 13.8 Å². The molecular weight excluding hydrogens is 226 g/mol. The largest absolute Gasteiger partial charge is 0.465 e. The number of rotatable bonds is 2. The van der Waals surface area contributed by atoms with E-state index in [4.69, 9.17) is 5.26 Å². The van der Waals surface area contributed by atoms with Gasteiger partial charge in [0.1, 0.15) is 0 Å². The number of carbonyl (C=O) groups excluding carboxylic acids is 1. The third-order valence-corrected chi connectivity index (χ3v) is 2.37. The number of hydrogen-bond acceptors (Lipinski definition) is 3. The number of ether oxygens (including phenoxy) is 1. The molecule has 0 aromatic heterocycles. The normalized spacial score (nSPS) is 9.89. The fourth-order valence-electron chi connectivity index (χ4n) is 1.29. The minimum Gasteiger partial charge on any atom is -0.465 e. The second kappa shape index (κ2) is 5.89. The maximum atomic E-state index is 11.2. The van der Waals surface area contributed by atoms with Crippen LogP contribution in [0.3, 0.4) is 0 Å². The summed E-state index contributed by atoms with van der Waals surface area (Å²) in [5.74, 6) is 5.69. The molecule has 1 rings (SSSR count). The molecule has 3 heteroatoms. The van der Waals surface area contributed by atoms with E-state index in [9.17, 15) is 4.79 Å². The topological polar surface area (TPSA) is 50.1 Å². The van der Waals surface area contributed by atoms with Gasteiger partial charge in [-0.15, -0.1) is 0 Å². The summed E-state index contributed by atoms with van der Waals surface area (Å²) in [4.78, 5) is 11.2. The molecule has 3 nitrogen and oxygen atoms in total. The van der Waals surface area contributed by atoms with Crippen molar-refractivity contribution in [3.05, 3.63) is 35.4 Å². The van der Waals surface area contributed by atoms with E-state index in [0.29, 0.717) is 12.0 Å². The standard InChI is InChI=1S/C15H15NO2/c1-15(2,10-11-16)9-8-12-4-6-13(7-5-12)14(17)18-3/h4-7H,10H2,1-3H3. The monoisotopic (exact) mass is 241 g/mol. The van der Waals surface area contributed by atoms with Crippen LogP contribution < -0.4 is 0 Å². The molecule has 1 aromatic carbocycles. The van der Waals surface area contributed by atoms with Crippen molar-refractivity contribution < 1.29 is 9.53 Å². The number of nitriles is 1. The van der Waals surface area contributed by atoms with Gasteiger partial charge in [-0.25, -0.2) is 4.79 Å². The first-order chi connectivity index (χ1) is 8.48. The van der Waals surface area contributed by atoms with E-state index in [-0.39, 0.29) is 11.4 Å². The van der Waals surface area contributed by atoms with Crippen molar-refractivity contribution in [1.29, 1.82) is 5.26 Å². The van der Waals surface area contributed by atoms with Gasteiger partial charge >= 0.3 is 5.97 Å². The van der Waals surface area contributed by atoms with Crippen LogP contribution in [0.1, 0.15) is 36.2 Å². The maximum Gasteiger partial charge on any atom is 0.337 e. The van der Waals surface area contributed by atoms with Crippen molar-refractivity contribution in [2.75, 3.05) is 7.11 Å². The van der Waals surface area contributed by atoms with Crippen molar-refractivity contribution in [2.45, 2.75) is 20.3 Å². The molecule has 0 fully saturated rings. The molecule has 0 radical (unpaired) electrons. The van der Waals surface area contributed by atoms with Crippen molar-refractivity contribution in [3.63, 3.8) is 0 Å². The van der Waals surface area contributed by atoms with Gasteiger partial charge in [0.25, 0.3) is 0 Å². The number of esters is 1. The highest BCUT2D eigenvalue weighted by atomic mass is 16.5. The van der Waals surface area contributed by atoms with E-state index in [0.717, 1.165) is 5.56 Å². The van der Waals surface area contributed by atoms with Gasteiger partial charge in [0.2, 0.25) is 0 Å². The number of hydrogen-bond donors (Lipinski definition) is 0. The number of methoxy groups -OCH3 is 1. The molecular formula is C15H15NO2. The Balaban J connectivity index is 2.85. The Morgan fingerprint density at radius 2 is 1.94 bits per heavy atom. The van der Waals surface area contributed by atoms with Crippen LogP contribution in [0, 0.1) is 28.6 Å². The molecule has 18 heavy (non-hydrogen) atoms. The van der Waals surface area contributed by atoms with Gasteiger partial charge in [0.05, 0.1) is 25.2 Å². The molecule has 0 aliphatic heterocycles. The number of benzene rings is 1. The van der Waals surface area contributed by atoms with Crippen LogP contribution in [0.5, 0.6) is 0 Å². The summed E-state index contributed by atoms with van der Waals surface area (Å²) in [5.41, 5.74) is 0.989. The Kier molecular flexibility index (Phi) is 4.52. The lowest BCUT2D eigenvalue weighted by Crippen LogP contribution is -2.06. The van der Waals surface area contributed by atoms with Crippen LogP contribution in [0.2, 0.25) is 0 Å². The van der Waals surface area contributed by atoms with E-state index >= 15 is 0 Å². The SMILES string of the molecule is COC(=O)c1ccc(C#CC(C)(C)CC#N)cc1. The summed E-state index contributed by atoms with van der Waals surface area (Å²) in [6.45, 7) is 3.85. The Hall–Kier alpha value is -2.26. The first-order valence-electron chi connectivity index (χ1n) is 5.57. The van der Waals surface area contributed by atoms with Crippen LogP contribution in [0.25, 0.3) is 0 Å². The molecule has 0 amide bonds. The van der Waals surface area contributed by atoms with Gasteiger partial charge in [-0.2, -0.15) is 5.26 Å². The quantitative estimate of drug-likeness (QED) is 0.591. The highest BCUT2D eigenvalue weighted by molar-refractivity contribution is 5.89. The van der Waals surface area contributed by atoms with Gasteiger partial charge in [-0.1, -0.05) is 11.8 Å². The molecule has 0 atom stereocenters.